The van der Waals surface area contributed by atoms with Gasteiger partial charge in [0.25, 0.3) is 0 Å². The first kappa shape index (κ1) is 17.6. The Kier molecular flexibility index (Phi) is 5.46. The van der Waals surface area contributed by atoms with Gasteiger partial charge in [-0.15, -0.1) is 0 Å². The maximum atomic E-state index is 12.6. The number of amides is 2. The van der Waals surface area contributed by atoms with Crippen LogP contribution in [0.4, 0.5) is 5.69 Å². The summed E-state index contributed by atoms with van der Waals surface area (Å²) >= 11 is 0. The van der Waals surface area contributed by atoms with Gasteiger partial charge in [-0.25, -0.2) is 0 Å². The third kappa shape index (κ3) is 3.72. The molecule has 2 aliphatic rings. The fourth-order valence-electron chi connectivity index (χ4n) is 3.70. The van der Waals surface area contributed by atoms with E-state index in [1.165, 1.54) is 0 Å². The molecule has 3 rings (SSSR count). The average Bonchev–Trinajstić information content (AvgIpc) is 2.67. The Balaban J connectivity index is 1.60. The van der Waals surface area contributed by atoms with Crippen LogP contribution in [0.5, 0.6) is 5.75 Å². The van der Waals surface area contributed by atoms with Crippen LogP contribution in [0.3, 0.4) is 0 Å². The Labute approximate surface area is 149 Å². The number of nitrogens with zero attached hydrogens (tertiary/aromatic N) is 3. The highest BCUT2D eigenvalue weighted by atomic mass is 16.5. The predicted octanol–water partition coefficient (Wildman–Crippen LogP) is 1.74. The number of carbonyl (C=O) groups excluding carboxylic acids is 2. The molecule has 1 atom stereocenters. The van der Waals surface area contributed by atoms with Crippen molar-refractivity contribution in [3.8, 4) is 5.75 Å². The third-order valence-corrected chi connectivity index (χ3v) is 5.24. The number of piperidine rings is 1. The molecule has 1 unspecified atom stereocenters. The maximum absolute atomic E-state index is 12.6. The van der Waals surface area contributed by atoms with Gasteiger partial charge in [-0.3, -0.25) is 9.59 Å². The standard InChI is InChI=1S/C19H27N3O3/c1-15-7-5-6-10-22(15)19(24)18(23)21-13-11-20(12-14-21)16-8-3-4-9-17(16)25-2/h3-4,8-9,15H,5-7,10-14H2,1-2H3. The highest BCUT2D eigenvalue weighted by Crippen LogP contribution is 2.28. The molecule has 2 aliphatic heterocycles. The quantitative estimate of drug-likeness (QED) is 0.766. The van der Waals surface area contributed by atoms with Gasteiger partial charge in [0.05, 0.1) is 12.8 Å². The zero-order valence-electron chi connectivity index (χ0n) is 15.1. The van der Waals surface area contributed by atoms with Crippen molar-refractivity contribution in [1.29, 1.82) is 0 Å². The van der Waals surface area contributed by atoms with E-state index in [1.54, 1.807) is 16.9 Å². The van der Waals surface area contributed by atoms with Crippen molar-refractivity contribution < 1.29 is 14.3 Å². The Hall–Kier alpha value is -2.24. The molecule has 0 aromatic heterocycles. The molecule has 0 radical (unpaired) electrons. The molecule has 0 aliphatic carbocycles. The number of methoxy groups -OCH3 is 1. The average molecular weight is 345 g/mol. The summed E-state index contributed by atoms with van der Waals surface area (Å²) < 4.78 is 5.42. The van der Waals surface area contributed by atoms with Crippen LogP contribution >= 0.6 is 0 Å². The molecular formula is C19H27N3O3. The van der Waals surface area contributed by atoms with Crippen molar-refractivity contribution in [2.75, 3.05) is 44.7 Å². The normalized spacial score (nSPS) is 21.2. The van der Waals surface area contributed by atoms with E-state index in [1.807, 2.05) is 31.2 Å². The Morgan fingerprint density at radius 3 is 2.40 bits per heavy atom. The number of likely N-dealkylation sites (tertiary alicyclic amines) is 1. The van der Waals surface area contributed by atoms with Gasteiger partial charge >= 0.3 is 11.8 Å². The van der Waals surface area contributed by atoms with E-state index in [2.05, 4.69) is 4.90 Å². The van der Waals surface area contributed by atoms with Crippen molar-refractivity contribution in [2.45, 2.75) is 32.2 Å². The molecule has 136 valence electrons. The molecule has 0 saturated carbocycles. The first-order chi connectivity index (χ1) is 12.1. The first-order valence-electron chi connectivity index (χ1n) is 9.09. The number of para-hydroxylation sites is 2. The van der Waals surface area contributed by atoms with Crippen LogP contribution in [0.15, 0.2) is 24.3 Å². The molecule has 1 aromatic carbocycles. The Morgan fingerprint density at radius 1 is 1.00 bits per heavy atom. The van der Waals surface area contributed by atoms with Crippen LogP contribution in [0.2, 0.25) is 0 Å². The summed E-state index contributed by atoms with van der Waals surface area (Å²) in [5.41, 5.74) is 1.04. The summed E-state index contributed by atoms with van der Waals surface area (Å²) in [5.74, 6) is 0.145. The van der Waals surface area contributed by atoms with Crippen molar-refractivity contribution in [2.24, 2.45) is 0 Å². The van der Waals surface area contributed by atoms with E-state index < -0.39 is 0 Å². The van der Waals surface area contributed by atoms with Crippen LogP contribution in [0.1, 0.15) is 26.2 Å². The van der Waals surface area contributed by atoms with Crippen molar-refractivity contribution in [3.05, 3.63) is 24.3 Å². The Morgan fingerprint density at radius 2 is 1.72 bits per heavy atom. The van der Waals surface area contributed by atoms with E-state index >= 15 is 0 Å². The zero-order valence-corrected chi connectivity index (χ0v) is 15.1. The Bertz CT molecular complexity index is 626. The minimum absolute atomic E-state index is 0.167. The summed E-state index contributed by atoms with van der Waals surface area (Å²) in [5, 5.41) is 0. The highest BCUT2D eigenvalue weighted by Gasteiger charge is 2.33. The second-order valence-electron chi connectivity index (χ2n) is 6.79. The summed E-state index contributed by atoms with van der Waals surface area (Å²) in [6.45, 7) is 5.26. The minimum atomic E-state index is -0.353. The number of ether oxygens (including phenoxy) is 1. The minimum Gasteiger partial charge on any atom is -0.495 e. The van der Waals surface area contributed by atoms with Gasteiger partial charge in [-0.2, -0.15) is 0 Å². The maximum Gasteiger partial charge on any atom is 0.312 e. The van der Waals surface area contributed by atoms with E-state index in [0.29, 0.717) is 32.7 Å². The van der Waals surface area contributed by atoms with Crippen LogP contribution in [0, 0.1) is 0 Å². The van der Waals surface area contributed by atoms with Gasteiger partial charge in [0.15, 0.2) is 0 Å². The van der Waals surface area contributed by atoms with E-state index in [0.717, 1.165) is 30.7 Å². The van der Waals surface area contributed by atoms with Gasteiger partial charge in [-0.05, 0) is 38.3 Å². The number of anilines is 1. The lowest BCUT2D eigenvalue weighted by molar-refractivity contribution is -0.154. The molecular weight excluding hydrogens is 318 g/mol. The molecule has 6 nitrogen and oxygen atoms in total. The van der Waals surface area contributed by atoms with Crippen molar-refractivity contribution >= 4 is 17.5 Å². The monoisotopic (exact) mass is 345 g/mol. The second-order valence-corrected chi connectivity index (χ2v) is 6.79. The van der Waals surface area contributed by atoms with Crippen molar-refractivity contribution in [3.63, 3.8) is 0 Å². The van der Waals surface area contributed by atoms with Crippen LogP contribution in [-0.2, 0) is 9.59 Å². The lowest BCUT2D eigenvalue weighted by atomic mass is 10.0. The third-order valence-electron chi connectivity index (χ3n) is 5.24. The van der Waals surface area contributed by atoms with Crippen LogP contribution in [-0.4, -0.2) is 67.5 Å². The van der Waals surface area contributed by atoms with Gasteiger partial charge in [0.2, 0.25) is 0 Å². The molecule has 0 spiro atoms. The number of hydrogen-bond donors (Lipinski definition) is 0. The van der Waals surface area contributed by atoms with E-state index in [-0.39, 0.29) is 17.9 Å². The molecule has 25 heavy (non-hydrogen) atoms. The predicted molar refractivity (Wildman–Crippen MR) is 96.8 cm³/mol. The number of carbonyl (C=O) groups is 2. The largest absolute Gasteiger partial charge is 0.495 e. The summed E-state index contributed by atoms with van der Waals surface area (Å²) in [6, 6.07) is 8.06. The molecule has 0 N–H and O–H groups in total. The van der Waals surface area contributed by atoms with E-state index in [4.69, 9.17) is 4.74 Å². The molecule has 1 aromatic rings. The number of benzene rings is 1. The van der Waals surface area contributed by atoms with Crippen LogP contribution < -0.4 is 9.64 Å². The zero-order chi connectivity index (χ0) is 17.8. The lowest BCUT2D eigenvalue weighted by Gasteiger charge is -2.38. The van der Waals surface area contributed by atoms with Gasteiger partial charge in [0.1, 0.15) is 5.75 Å². The van der Waals surface area contributed by atoms with Crippen LogP contribution in [0.25, 0.3) is 0 Å². The molecule has 2 amide bonds. The summed E-state index contributed by atoms with van der Waals surface area (Å²) in [7, 11) is 1.66. The van der Waals surface area contributed by atoms with Gasteiger partial charge in [-0.1, -0.05) is 12.1 Å². The number of piperazine rings is 1. The summed E-state index contributed by atoms with van der Waals surface area (Å²) in [4.78, 5) is 30.8. The smallest absolute Gasteiger partial charge is 0.312 e. The fraction of sp³-hybridized carbons (Fsp3) is 0.579. The first-order valence-corrected chi connectivity index (χ1v) is 9.09. The number of rotatable bonds is 2. The molecule has 2 heterocycles. The van der Waals surface area contributed by atoms with E-state index in [9.17, 15) is 9.59 Å². The number of hydrogen-bond acceptors (Lipinski definition) is 4. The topological polar surface area (TPSA) is 53.1 Å². The lowest BCUT2D eigenvalue weighted by Crippen LogP contribution is -2.55. The molecule has 2 saturated heterocycles. The summed E-state index contributed by atoms with van der Waals surface area (Å²) in [6.07, 6.45) is 3.11. The van der Waals surface area contributed by atoms with Crippen molar-refractivity contribution in [1.82, 2.24) is 9.80 Å². The van der Waals surface area contributed by atoms with Gasteiger partial charge in [0, 0.05) is 38.8 Å². The van der Waals surface area contributed by atoms with Gasteiger partial charge < -0.3 is 19.4 Å². The second kappa shape index (κ2) is 7.76. The molecule has 0 bridgehead atoms. The fourth-order valence-corrected chi connectivity index (χ4v) is 3.70. The molecule has 2 fully saturated rings. The SMILES string of the molecule is COc1ccccc1N1CCN(C(=O)C(=O)N2CCCCC2C)CC1. The molecule has 6 heteroatoms. The highest BCUT2D eigenvalue weighted by molar-refractivity contribution is 6.35.